The van der Waals surface area contributed by atoms with Gasteiger partial charge in [0, 0.05) is 23.6 Å². The van der Waals surface area contributed by atoms with Crippen molar-refractivity contribution in [2.24, 2.45) is 22.4 Å². The molecule has 0 heterocycles. The number of fused-ring (bicyclic) bond motifs is 1. The summed E-state index contributed by atoms with van der Waals surface area (Å²) in [5.41, 5.74) is 2.88. The first-order valence-corrected chi connectivity index (χ1v) is 8.65. The Balaban J connectivity index is 1.73. The van der Waals surface area contributed by atoms with Crippen molar-refractivity contribution in [2.75, 3.05) is 14.2 Å². The van der Waals surface area contributed by atoms with Gasteiger partial charge in [0.25, 0.3) is 0 Å². The summed E-state index contributed by atoms with van der Waals surface area (Å²) in [4.78, 5) is 23.0. The van der Waals surface area contributed by atoms with Crippen LogP contribution in [0.4, 0.5) is 5.69 Å². The number of hydrazone groups is 1. The largest absolute Gasteiger partial charge is 0.496 e. The minimum atomic E-state index is -0.538. The van der Waals surface area contributed by atoms with Crippen LogP contribution in [0.1, 0.15) is 38.2 Å². The molecule has 3 rings (SSSR count). The van der Waals surface area contributed by atoms with Gasteiger partial charge < -0.3 is 9.47 Å². The number of amides is 1. The molecule has 2 saturated carbocycles. The first-order chi connectivity index (χ1) is 12.4. The molecule has 8 nitrogen and oxygen atoms in total. The third kappa shape index (κ3) is 3.11. The Morgan fingerprint density at radius 3 is 2.65 bits per heavy atom. The van der Waals surface area contributed by atoms with Crippen LogP contribution in [0.15, 0.2) is 17.2 Å². The Kier molecular flexibility index (Phi) is 4.84. The second-order valence-electron chi connectivity index (χ2n) is 7.09. The molecule has 0 radical (unpaired) electrons. The Labute approximate surface area is 151 Å². The average molecular weight is 361 g/mol. The lowest BCUT2D eigenvalue weighted by atomic mass is 9.90. The molecule has 2 aliphatic carbocycles. The summed E-state index contributed by atoms with van der Waals surface area (Å²) in [6, 6.07) is 2.74. The van der Waals surface area contributed by atoms with Gasteiger partial charge in [-0.05, 0) is 24.2 Å². The smallest absolute Gasteiger partial charge is 0.311 e. The highest BCUT2D eigenvalue weighted by molar-refractivity contribution is 5.88. The zero-order valence-electron chi connectivity index (χ0n) is 15.2. The summed E-state index contributed by atoms with van der Waals surface area (Å²) in [5.74, 6) is 0.843. The summed E-state index contributed by atoms with van der Waals surface area (Å²) in [5, 5.41) is 15.2. The van der Waals surface area contributed by atoms with Crippen molar-refractivity contribution < 1.29 is 19.2 Å². The number of benzene rings is 1. The molecule has 0 aromatic heterocycles. The van der Waals surface area contributed by atoms with Gasteiger partial charge in [-0.2, -0.15) is 5.10 Å². The summed E-state index contributed by atoms with van der Waals surface area (Å²) in [7, 11) is 2.80. The molecule has 1 N–H and O–H groups in total. The Morgan fingerprint density at radius 1 is 1.35 bits per heavy atom. The van der Waals surface area contributed by atoms with Gasteiger partial charge in [-0.25, -0.2) is 5.43 Å². The van der Waals surface area contributed by atoms with E-state index < -0.39 is 4.92 Å². The quantitative estimate of drug-likeness (QED) is 0.477. The minimum Gasteiger partial charge on any atom is -0.496 e. The molecule has 0 spiro atoms. The molecule has 2 fully saturated rings. The van der Waals surface area contributed by atoms with Crippen LogP contribution in [0.3, 0.4) is 0 Å². The summed E-state index contributed by atoms with van der Waals surface area (Å²) < 4.78 is 10.2. The van der Waals surface area contributed by atoms with Crippen LogP contribution < -0.4 is 14.9 Å². The zero-order valence-corrected chi connectivity index (χ0v) is 15.2. The van der Waals surface area contributed by atoms with Crippen LogP contribution in [-0.2, 0) is 4.79 Å². The number of carbonyl (C=O) groups excluding carboxylic acids is 1. The molecule has 3 atom stereocenters. The van der Waals surface area contributed by atoms with Crippen molar-refractivity contribution in [3.63, 3.8) is 0 Å². The maximum Gasteiger partial charge on any atom is 0.311 e. The van der Waals surface area contributed by atoms with Gasteiger partial charge >= 0.3 is 5.69 Å². The Hall–Kier alpha value is -2.64. The summed E-state index contributed by atoms with van der Waals surface area (Å²) in [6.45, 7) is 2.17. The van der Waals surface area contributed by atoms with E-state index in [1.165, 1.54) is 45.4 Å². The molecule has 1 aromatic rings. The maximum absolute atomic E-state index is 12.4. The number of hydrogen-bond donors (Lipinski definition) is 1. The second kappa shape index (κ2) is 6.93. The highest BCUT2D eigenvalue weighted by Gasteiger charge is 2.64. The molecule has 140 valence electrons. The lowest BCUT2D eigenvalue weighted by molar-refractivity contribution is -0.385. The fourth-order valence-corrected chi connectivity index (χ4v) is 4.24. The van der Waals surface area contributed by atoms with Crippen LogP contribution in [0.25, 0.3) is 0 Å². The number of methoxy groups -OCH3 is 2. The summed E-state index contributed by atoms with van der Waals surface area (Å²) >= 11 is 0. The SMILES string of the molecule is COc1cc(OC)c([N+](=O)[O-])cc1/C=N\NC(=O)[C@@H]1[C@@H]2CCCC[C@@]12C. The topological polar surface area (TPSA) is 103 Å². The molecule has 0 saturated heterocycles. The van der Waals surface area contributed by atoms with E-state index in [9.17, 15) is 14.9 Å². The number of carbonyl (C=O) groups is 1. The molecular formula is C18H23N3O5. The van der Waals surface area contributed by atoms with Crippen molar-refractivity contribution in [3.05, 3.63) is 27.8 Å². The van der Waals surface area contributed by atoms with E-state index in [1.54, 1.807) is 0 Å². The van der Waals surface area contributed by atoms with Crippen LogP contribution in [0.2, 0.25) is 0 Å². The fourth-order valence-electron chi connectivity index (χ4n) is 4.24. The molecule has 26 heavy (non-hydrogen) atoms. The minimum absolute atomic E-state index is 0.00856. The molecule has 0 bridgehead atoms. The van der Waals surface area contributed by atoms with Crippen LogP contribution in [0.5, 0.6) is 11.5 Å². The van der Waals surface area contributed by atoms with Crippen LogP contribution >= 0.6 is 0 Å². The second-order valence-corrected chi connectivity index (χ2v) is 7.09. The predicted molar refractivity (Wildman–Crippen MR) is 95.5 cm³/mol. The van der Waals surface area contributed by atoms with Crippen molar-refractivity contribution in [1.82, 2.24) is 5.43 Å². The summed E-state index contributed by atoms with van der Waals surface area (Å²) in [6.07, 6.45) is 5.89. The van der Waals surface area contributed by atoms with E-state index in [-0.39, 0.29) is 28.7 Å². The lowest BCUT2D eigenvalue weighted by Crippen LogP contribution is -2.22. The third-order valence-corrected chi connectivity index (χ3v) is 5.72. The molecule has 8 heteroatoms. The number of ether oxygens (including phenoxy) is 2. The number of nitro benzene ring substituents is 1. The highest BCUT2D eigenvalue weighted by Crippen LogP contribution is 2.66. The normalized spacial score (nSPS) is 26.9. The number of hydrogen-bond acceptors (Lipinski definition) is 6. The molecule has 2 aliphatic rings. The van der Waals surface area contributed by atoms with Crippen molar-refractivity contribution >= 4 is 17.8 Å². The van der Waals surface area contributed by atoms with Gasteiger partial charge in [-0.15, -0.1) is 0 Å². The van der Waals surface area contributed by atoms with E-state index in [1.807, 2.05) is 0 Å². The van der Waals surface area contributed by atoms with E-state index in [0.29, 0.717) is 17.2 Å². The predicted octanol–water partition coefficient (Wildman–Crippen LogP) is 2.89. The molecule has 0 aliphatic heterocycles. The van der Waals surface area contributed by atoms with Gasteiger partial charge in [0.1, 0.15) is 5.75 Å². The van der Waals surface area contributed by atoms with Gasteiger partial charge in [0.2, 0.25) is 11.7 Å². The maximum atomic E-state index is 12.4. The average Bonchev–Trinajstić information content (AvgIpc) is 3.26. The molecular weight excluding hydrogens is 338 g/mol. The first-order valence-electron chi connectivity index (χ1n) is 8.65. The van der Waals surface area contributed by atoms with Crippen molar-refractivity contribution in [1.29, 1.82) is 0 Å². The Bertz CT molecular complexity index is 763. The number of rotatable bonds is 6. The van der Waals surface area contributed by atoms with E-state index >= 15 is 0 Å². The van der Waals surface area contributed by atoms with Gasteiger partial charge in [0.05, 0.1) is 25.4 Å². The molecule has 1 amide bonds. The number of nitrogens with one attached hydrogen (secondary N) is 1. The van der Waals surface area contributed by atoms with E-state index in [0.717, 1.165) is 12.8 Å². The van der Waals surface area contributed by atoms with Gasteiger partial charge in [0.15, 0.2) is 0 Å². The Morgan fingerprint density at radius 2 is 2.08 bits per heavy atom. The number of nitro groups is 1. The fraction of sp³-hybridized carbons (Fsp3) is 0.556. The van der Waals surface area contributed by atoms with Gasteiger partial charge in [-0.3, -0.25) is 14.9 Å². The lowest BCUT2D eigenvalue weighted by Gasteiger charge is -2.15. The molecule has 0 unspecified atom stereocenters. The van der Waals surface area contributed by atoms with Crippen molar-refractivity contribution in [2.45, 2.75) is 32.6 Å². The van der Waals surface area contributed by atoms with Crippen molar-refractivity contribution in [3.8, 4) is 11.5 Å². The zero-order chi connectivity index (χ0) is 18.9. The van der Waals surface area contributed by atoms with Crippen LogP contribution in [-0.4, -0.2) is 31.3 Å². The third-order valence-electron chi connectivity index (χ3n) is 5.72. The highest BCUT2D eigenvalue weighted by atomic mass is 16.6. The van der Waals surface area contributed by atoms with E-state index in [4.69, 9.17) is 9.47 Å². The van der Waals surface area contributed by atoms with Crippen LogP contribution in [0, 0.1) is 27.4 Å². The number of nitrogens with zero attached hydrogens (tertiary/aromatic N) is 2. The standard InChI is InChI=1S/C18H23N3O5/c1-18-7-5-4-6-12(18)16(18)17(22)20-19-10-11-8-13(21(23)24)15(26-3)9-14(11)25-2/h8-10,12,16H,4-7H2,1-3H3,(H,20,22)/b19-10-/t12-,16-,18+/m0/s1. The molecule has 1 aromatic carbocycles. The monoisotopic (exact) mass is 361 g/mol. The van der Waals surface area contributed by atoms with Gasteiger partial charge in [-0.1, -0.05) is 19.8 Å². The van der Waals surface area contributed by atoms with E-state index in [2.05, 4.69) is 17.5 Å². The first kappa shape index (κ1) is 18.2.